The fourth-order valence-corrected chi connectivity index (χ4v) is 4.21. The molecule has 28 heavy (non-hydrogen) atoms. The van der Waals surface area contributed by atoms with Gasteiger partial charge in [0.2, 0.25) is 0 Å². The quantitative estimate of drug-likeness (QED) is 0.663. The third-order valence-corrected chi connectivity index (χ3v) is 5.67. The smallest absolute Gasteiger partial charge is 0.132 e. The molecule has 6 heteroatoms. The maximum atomic E-state index is 14.2. The summed E-state index contributed by atoms with van der Waals surface area (Å²) < 4.78 is 21.7. The highest BCUT2D eigenvalue weighted by molar-refractivity contribution is 5.85. The van der Waals surface area contributed by atoms with Crippen LogP contribution in [0.3, 0.4) is 0 Å². The van der Waals surface area contributed by atoms with Crippen LogP contribution >= 0.6 is 0 Å². The molecule has 1 saturated heterocycles. The predicted octanol–water partition coefficient (Wildman–Crippen LogP) is 4.22. The average molecular weight is 382 g/mol. The number of anilines is 1. The lowest BCUT2D eigenvalue weighted by molar-refractivity contribution is 0.185. The molecule has 1 fully saturated rings. The number of methoxy groups -OCH3 is 1. The number of ether oxygens (including phenoxy) is 1. The zero-order valence-electron chi connectivity index (χ0n) is 16.8. The van der Waals surface area contributed by atoms with Crippen molar-refractivity contribution in [1.29, 1.82) is 0 Å². The van der Waals surface area contributed by atoms with Crippen LogP contribution < -0.4 is 4.90 Å². The Morgan fingerprint density at radius 2 is 2.11 bits per heavy atom. The van der Waals surface area contributed by atoms with Crippen molar-refractivity contribution >= 4 is 16.7 Å². The molecule has 0 unspecified atom stereocenters. The summed E-state index contributed by atoms with van der Waals surface area (Å²) in [5.74, 6) is 2.22. The number of aryl methyl sites for hydroxylation is 2. The molecule has 0 radical (unpaired) electrons. The van der Waals surface area contributed by atoms with Crippen LogP contribution in [0.2, 0.25) is 0 Å². The molecule has 0 aliphatic carbocycles. The van der Waals surface area contributed by atoms with Crippen molar-refractivity contribution in [3.8, 4) is 0 Å². The van der Waals surface area contributed by atoms with Gasteiger partial charge in [-0.25, -0.2) is 14.4 Å². The van der Waals surface area contributed by atoms with Gasteiger partial charge in [-0.2, -0.15) is 0 Å². The minimum absolute atomic E-state index is 0.209. The Hall–Kier alpha value is -2.47. The van der Waals surface area contributed by atoms with Crippen LogP contribution in [0.4, 0.5) is 10.2 Å². The van der Waals surface area contributed by atoms with E-state index in [1.54, 1.807) is 13.2 Å². The number of rotatable bonds is 5. The average Bonchev–Trinajstić information content (AvgIpc) is 3.18. The summed E-state index contributed by atoms with van der Waals surface area (Å²) in [5, 5.41) is 0.602. The molecule has 148 valence electrons. The summed E-state index contributed by atoms with van der Waals surface area (Å²) in [5.41, 5.74) is 2.77. The Balaban J connectivity index is 1.64. The maximum Gasteiger partial charge on any atom is 0.132 e. The summed E-state index contributed by atoms with van der Waals surface area (Å²) in [6.45, 7) is 7.33. The Morgan fingerprint density at radius 3 is 2.93 bits per heavy atom. The number of fused-ring (bicyclic) bond motifs is 1. The van der Waals surface area contributed by atoms with E-state index in [2.05, 4.69) is 14.5 Å². The Kier molecular flexibility index (Phi) is 5.31. The number of hydrogen-bond donors (Lipinski definition) is 0. The molecular formula is C22H27FN4O. The molecule has 0 saturated carbocycles. The van der Waals surface area contributed by atoms with Gasteiger partial charge in [-0.05, 0) is 49.9 Å². The first-order chi connectivity index (χ1) is 13.6. The van der Waals surface area contributed by atoms with Crippen molar-refractivity contribution in [2.24, 2.45) is 0 Å². The molecule has 3 heterocycles. The monoisotopic (exact) mass is 382 g/mol. The van der Waals surface area contributed by atoms with E-state index in [9.17, 15) is 4.39 Å². The zero-order chi connectivity index (χ0) is 19.7. The minimum atomic E-state index is -0.209. The molecule has 5 nitrogen and oxygen atoms in total. The van der Waals surface area contributed by atoms with Crippen LogP contribution in [0.15, 0.2) is 30.6 Å². The molecule has 4 rings (SSSR count). The highest BCUT2D eigenvalue weighted by atomic mass is 19.1. The largest absolute Gasteiger partial charge is 0.383 e. The Bertz CT molecular complexity index is 984. The third kappa shape index (κ3) is 3.49. The lowest BCUT2D eigenvalue weighted by Gasteiger charge is -2.34. The van der Waals surface area contributed by atoms with E-state index in [4.69, 9.17) is 9.72 Å². The zero-order valence-corrected chi connectivity index (χ0v) is 16.8. The van der Waals surface area contributed by atoms with Crippen molar-refractivity contribution in [2.75, 3.05) is 31.7 Å². The van der Waals surface area contributed by atoms with E-state index in [-0.39, 0.29) is 5.82 Å². The van der Waals surface area contributed by atoms with Crippen molar-refractivity contribution in [3.05, 3.63) is 53.4 Å². The molecule has 1 aromatic carbocycles. The van der Waals surface area contributed by atoms with Crippen molar-refractivity contribution in [2.45, 2.75) is 39.2 Å². The summed E-state index contributed by atoms with van der Waals surface area (Å²) in [6.07, 6.45) is 6.10. The summed E-state index contributed by atoms with van der Waals surface area (Å²) in [6, 6.07) is 5.26. The lowest BCUT2D eigenvalue weighted by atomic mass is 9.96. The fraction of sp³-hybridized carbons (Fsp3) is 0.455. The van der Waals surface area contributed by atoms with Gasteiger partial charge in [-0.15, -0.1) is 0 Å². The second-order valence-electron chi connectivity index (χ2n) is 7.65. The summed E-state index contributed by atoms with van der Waals surface area (Å²) >= 11 is 0. The highest BCUT2D eigenvalue weighted by Gasteiger charge is 2.26. The first kappa shape index (κ1) is 18.9. The SMILES string of the molecule is COCCn1ccnc1[C@H]1CCCN(c2nc3c(C)ccc(F)c3cc2C)C1. The van der Waals surface area contributed by atoms with Crippen molar-refractivity contribution < 1.29 is 9.13 Å². The van der Waals surface area contributed by atoms with Gasteiger partial charge in [0.05, 0.1) is 12.1 Å². The number of benzene rings is 1. The fourth-order valence-electron chi connectivity index (χ4n) is 4.21. The van der Waals surface area contributed by atoms with Gasteiger partial charge >= 0.3 is 0 Å². The van der Waals surface area contributed by atoms with Crippen molar-refractivity contribution in [3.63, 3.8) is 0 Å². The molecular weight excluding hydrogens is 355 g/mol. The topological polar surface area (TPSA) is 43.2 Å². The molecule has 3 aromatic rings. The molecule has 0 amide bonds. The van der Waals surface area contributed by atoms with Gasteiger partial charge in [0.15, 0.2) is 0 Å². The number of nitrogens with zero attached hydrogens (tertiary/aromatic N) is 4. The van der Waals surface area contributed by atoms with Crippen LogP contribution in [-0.2, 0) is 11.3 Å². The van der Waals surface area contributed by atoms with E-state index >= 15 is 0 Å². The molecule has 0 N–H and O–H groups in total. The van der Waals surface area contributed by atoms with Gasteiger partial charge in [0.25, 0.3) is 0 Å². The Morgan fingerprint density at radius 1 is 1.25 bits per heavy atom. The number of imidazole rings is 1. The first-order valence-corrected chi connectivity index (χ1v) is 9.90. The number of halogens is 1. The van der Waals surface area contributed by atoms with E-state index in [0.717, 1.165) is 60.8 Å². The first-order valence-electron chi connectivity index (χ1n) is 9.90. The van der Waals surface area contributed by atoms with E-state index in [1.807, 2.05) is 32.3 Å². The molecule has 0 bridgehead atoms. The number of pyridine rings is 1. The molecule has 1 atom stereocenters. The third-order valence-electron chi connectivity index (χ3n) is 5.67. The van der Waals surface area contributed by atoms with Crippen LogP contribution in [-0.4, -0.2) is 41.3 Å². The van der Waals surface area contributed by atoms with Crippen LogP contribution in [0, 0.1) is 19.7 Å². The van der Waals surface area contributed by atoms with Crippen LogP contribution in [0.25, 0.3) is 10.9 Å². The van der Waals surface area contributed by atoms with Crippen LogP contribution in [0.5, 0.6) is 0 Å². The lowest BCUT2D eigenvalue weighted by Crippen LogP contribution is -2.36. The second-order valence-corrected chi connectivity index (χ2v) is 7.65. The highest BCUT2D eigenvalue weighted by Crippen LogP contribution is 2.32. The molecule has 1 aliphatic rings. The van der Waals surface area contributed by atoms with E-state index in [0.29, 0.717) is 17.9 Å². The summed E-state index contributed by atoms with van der Waals surface area (Å²) in [7, 11) is 1.72. The molecule has 0 spiro atoms. The number of aromatic nitrogens is 3. The normalized spacial score (nSPS) is 17.4. The van der Waals surface area contributed by atoms with Crippen molar-refractivity contribution in [1.82, 2.24) is 14.5 Å². The summed E-state index contributed by atoms with van der Waals surface area (Å²) in [4.78, 5) is 11.9. The molecule has 1 aliphatic heterocycles. The van der Waals surface area contributed by atoms with Gasteiger partial charge in [0, 0.05) is 50.4 Å². The van der Waals surface area contributed by atoms with Gasteiger partial charge in [0.1, 0.15) is 17.5 Å². The number of hydrogen-bond acceptors (Lipinski definition) is 4. The van der Waals surface area contributed by atoms with Gasteiger partial charge in [-0.3, -0.25) is 0 Å². The number of piperidine rings is 1. The van der Waals surface area contributed by atoms with Gasteiger partial charge < -0.3 is 14.2 Å². The predicted molar refractivity (Wildman–Crippen MR) is 109 cm³/mol. The Labute approximate surface area is 165 Å². The minimum Gasteiger partial charge on any atom is -0.383 e. The van der Waals surface area contributed by atoms with Crippen LogP contribution in [0.1, 0.15) is 35.7 Å². The molecule has 2 aromatic heterocycles. The second kappa shape index (κ2) is 7.87. The van der Waals surface area contributed by atoms with E-state index in [1.165, 1.54) is 6.07 Å². The van der Waals surface area contributed by atoms with Gasteiger partial charge in [-0.1, -0.05) is 6.07 Å². The standard InChI is InChI=1S/C22H27FN4O/c1-15-6-7-19(23)18-13-16(2)21(25-20(15)18)27-9-4-5-17(14-27)22-24-8-10-26(22)11-12-28-3/h6-8,10,13,17H,4-5,9,11-12,14H2,1-3H3/t17-/m0/s1. The van der Waals surface area contributed by atoms with E-state index < -0.39 is 0 Å². The maximum absolute atomic E-state index is 14.2.